The minimum absolute atomic E-state index is 0.0368. The van der Waals surface area contributed by atoms with Crippen LogP contribution in [0.1, 0.15) is 46.6 Å². The molecule has 30 heavy (non-hydrogen) atoms. The standard InChI is InChI=1S/C20H24N6O4/c1-29-11-5-10-26-17-15(23-20(26)24-18(27)16-6-7-22-30-16)12-14(13-21-17)19(28)25-8-3-2-4-9-25/h6-7,12-13H,2-5,8-11H2,1H3,(H,23,24,27). The third-order valence-electron chi connectivity index (χ3n) is 5.09. The fourth-order valence-electron chi connectivity index (χ4n) is 3.58. The van der Waals surface area contributed by atoms with Gasteiger partial charge in [0.15, 0.2) is 5.65 Å². The van der Waals surface area contributed by atoms with Gasteiger partial charge < -0.3 is 14.2 Å². The fourth-order valence-corrected chi connectivity index (χ4v) is 3.58. The number of fused-ring (bicyclic) bond motifs is 1. The molecule has 2 amide bonds. The van der Waals surface area contributed by atoms with Crippen LogP contribution >= 0.6 is 0 Å². The van der Waals surface area contributed by atoms with Crippen molar-refractivity contribution in [1.29, 1.82) is 0 Å². The molecule has 0 aromatic carbocycles. The molecule has 0 saturated carbocycles. The van der Waals surface area contributed by atoms with Gasteiger partial charge in [-0.3, -0.25) is 19.5 Å². The number of carbonyl (C=O) groups excluding carboxylic acids is 2. The maximum absolute atomic E-state index is 12.8. The Hall–Kier alpha value is -3.27. The summed E-state index contributed by atoms with van der Waals surface area (Å²) in [5.41, 5.74) is 1.64. The zero-order valence-electron chi connectivity index (χ0n) is 16.8. The van der Waals surface area contributed by atoms with Crippen LogP contribution in [0.5, 0.6) is 0 Å². The Morgan fingerprint density at radius 2 is 2.10 bits per heavy atom. The zero-order valence-corrected chi connectivity index (χ0v) is 16.8. The van der Waals surface area contributed by atoms with Gasteiger partial charge in [0.05, 0.1) is 11.8 Å². The summed E-state index contributed by atoms with van der Waals surface area (Å²) in [6.07, 6.45) is 6.89. The third kappa shape index (κ3) is 4.18. The second-order valence-corrected chi connectivity index (χ2v) is 7.18. The largest absolute Gasteiger partial charge is 0.385 e. The molecule has 1 aliphatic rings. The number of likely N-dealkylation sites (tertiary alicyclic amines) is 1. The monoisotopic (exact) mass is 412 g/mol. The molecule has 4 rings (SSSR count). The van der Waals surface area contributed by atoms with Crippen molar-refractivity contribution in [3.63, 3.8) is 0 Å². The molecule has 0 aliphatic carbocycles. The molecule has 10 nitrogen and oxygen atoms in total. The van der Waals surface area contributed by atoms with E-state index in [2.05, 4.69) is 20.4 Å². The van der Waals surface area contributed by atoms with E-state index in [0.717, 1.165) is 32.4 Å². The molecule has 0 bridgehead atoms. The normalized spacial score (nSPS) is 14.2. The summed E-state index contributed by atoms with van der Waals surface area (Å²) >= 11 is 0. The summed E-state index contributed by atoms with van der Waals surface area (Å²) in [6, 6.07) is 3.21. The first-order valence-corrected chi connectivity index (χ1v) is 10.0. The number of nitrogens with zero attached hydrogens (tertiary/aromatic N) is 5. The third-order valence-corrected chi connectivity index (χ3v) is 5.09. The first-order chi connectivity index (χ1) is 14.7. The van der Waals surface area contributed by atoms with Crippen molar-refractivity contribution in [3.8, 4) is 0 Å². The van der Waals surface area contributed by atoms with Crippen LogP contribution in [0.25, 0.3) is 11.2 Å². The Morgan fingerprint density at radius 1 is 1.27 bits per heavy atom. The number of anilines is 1. The lowest BCUT2D eigenvalue weighted by Gasteiger charge is -2.26. The number of hydrogen-bond acceptors (Lipinski definition) is 7. The van der Waals surface area contributed by atoms with Crippen LogP contribution in [0.15, 0.2) is 29.0 Å². The van der Waals surface area contributed by atoms with E-state index in [9.17, 15) is 9.59 Å². The number of methoxy groups -OCH3 is 1. The van der Waals surface area contributed by atoms with Crippen LogP contribution in [-0.2, 0) is 11.3 Å². The van der Waals surface area contributed by atoms with Crippen LogP contribution in [0.3, 0.4) is 0 Å². The van der Waals surface area contributed by atoms with Crippen LogP contribution < -0.4 is 5.32 Å². The molecule has 10 heteroatoms. The molecule has 1 fully saturated rings. The fraction of sp³-hybridized carbons (Fsp3) is 0.450. The first kappa shape index (κ1) is 20.0. The lowest BCUT2D eigenvalue weighted by atomic mass is 10.1. The summed E-state index contributed by atoms with van der Waals surface area (Å²) < 4.78 is 11.9. The van der Waals surface area contributed by atoms with Crippen molar-refractivity contribution in [2.45, 2.75) is 32.2 Å². The van der Waals surface area contributed by atoms with E-state index in [1.165, 1.54) is 12.3 Å². The van der Waals surface area contributed by atoms with E-state index in [4.69, 9.17) is 9.26 Å². The van der Waals surface area contributed by atoms with Gasteiger partial charge in [-0.15, -0.1) is 0 Å². The molecule has 1 N–H and O–H groups in total. The Kier molecular flexibility index (Phi) is 6.03. The highest BCUT2D eigenvalue weighted by Crippen LogP contribution is 2.22. The maximum atomic E-state index is 12.8. The minimum atomic E-state index is -0.458. The van der Waals surface area contributed by atoms with Gasteiger partial charge in [0, 0.05) is 45.6 Å². The van der Waals surface area contributed by atoms with Crippen molar-refractivity contribution in [2.75, 3.05) is 32.1 Å². The Balaban J connectivity index is 1.64. The molecule has 0 spiro atoms. The number of carbonyl (C=O) groups is 2. The highest BCUT2D eigenvalue weighted by Gasteiger charge is 2.22. The number of imidazole rings is 1. The first-order valence-electron chi connectivity index (χ1n) is 10.0. The quantitative estimate of drug-likeness (QED) is 0.592. The molecular weight excluding hydrogens is 388 g/mol. The summed E-state index contributed by atoms with van der Waals surface area (Å²) in [5, 5.41) is 6.30. The number of hydrogen-bond donors (Lipinski definition) is 1. The van der Waals surface area contributed by atoms with Crippen molar-refractivity contribution >= 4 is 28.9 Å². The number of aryl methyl sites for hydroxylation is 1. The molecule has 3 aromatic heterocycles. The molecule has 3 aromatic rings. The molecule has 1 saturated heterocycles. The highest BCUT2D eigenvalue weighted by atomic mass is 16.5. The average molecular weight is 412 g/mol. The predicted molar refractivity (Wildman–Crippen MR) is 108 cm³/mol. The van der Waals surface area contributed by atoms with E-state index < -0.39 is 5.91 Å². The molecule has 1 aliphatic heterocycles. The molecule has 0 atom stereocenters. The summed E-state index contributed by atoms with van der Waals surface area (Å²) in [6.45, 7) is 2.63. The van der Waals surface area contributed by atoms with Gasteiger partial charge in [0.1, 0.15) is 5.52 Å². The van der Waals surface area contributed by atoms with Crippen molar-refractivity contribution in [3.05, 3.63) is 35.9 Å². The summed E-state index contributed by atoms with van der Waals surface area (Å²) in [4.78, 5) is 36.1. The Bertz CT molecular complexity index is 1020. The SMILES string of the molecule is COCCCn1c(NC(=O)c2ccno2)nc2cc(C(=O)N3CCCCC3)cnc21. The van der Waals surface area contributed by atoms with Gasteiger partial charge in [-0.05, 0) is 31.7 Å². The summed E-state index contributed by atoms with van der Waals surface area (Å²) in [7, 11) is 1.63. The van der Waals surface area contributed by atoms with E-state index in [1.54, 1.807) is 23.9 Å². The molecule has 0 unspecified atom stereocenters. The molecular formula is C20H24N6O4. The van der Waals surface area contributed by atoms with E-state index in [-0.39, 0.29) is 11.7 Å². The van der Waals surface area contributed by atoms with E-state index >= 15 is 0 Å². The number of piperidine rings is 1. The maximum Gasteiger partial charge on any atom is 0.296 e. The number of ether oxygens (including phenoxy) is 1. The van der Waals surface area contributed by atoms with Crippen molar-refractivity contribution < 1.29 is 18.8 Å². The topological polar surface area (TPSA) is 115 Å². The number of nitrogens with one attached hydrogen (secondary N) is 1. The van der Waals surface area contributed by atoms with Gasteiger partial charge in [-0.2, -0.15) is 0 Å². The van der Waals surface area contributed by atoms with Gasteiger partial charge in [0.25, 0.3) is 11.8 Å². The number of aromatic nitrogens is 4. The van der Waals surface area contributed by atoms with Gasteiger partial charge >= 0.3 is 0 Å². The van der Waals surface area contributed by atoms with Crippen LogP contribution in [0.2, 0.25) is 0 Å². The Morgan fingerprint density at radius 3 is 2.83 bits per heavy atom. The Labute approximate surface area is 173 Å². The van der Waals surface area contributed by atoms with Gasteiger partial charge in [-0.25, -0.2) is 9.97 Å². The van der Waals surface area contributed by atoms with E-state index in [1.807, 2.05) is 4.90 Å². The average Bonchev–Trinajstić information content (AvgIpc) is 3.42. The highest BCUT2D eigenvalue weighted by molar-refractivity contribution is 6.02. The number of pyridine rings is 1. The smallest absolute Gasteiger partial charge is 0.296 e. The van der Waals surface area contributed by atoms with Crippen molar-refractivity contribution in [2.24, 2.45) is 0 Å². The molecule has 0 radical (unpaired) electrons. The van der Waals surface area contributed by atoms with Crippen LogP contribution in [0.4, 0.5) is 5.95 Å². The number of rotatable bonds is 7. The lowest BCUT2D eigenvalue weighted by Crippen LogP contribution is -2.35. The zero-order chi connectivity index (χ0) is 20.9. The van der Waals surface area contributed by atoms with E-state index in [0.29, 0.717) is 42.2 Å². The van der Waals surface area contributed by atoms with Crippen molar-refractivity contribution in [1.82, 2.24) is 24.6 Å². The minimum Gasteiger partial charge on any atom is -0.385 e. The number of amides is 2. The van der Waals surface area contributed by atoms with Crippen LogP contribution in [0, 0.1) is 0 Å². The van der Waals surface area contributed by atoms with Gasteiger partial charge in [0.2, 0.25) is 11.7 Å². The second-order valence-electron chi connectivity index (χ2n) is 7.18. The molecule has 4 heterocycles. The summed E-state index contributed by atoms with van der Waals surface area (Å²) in [5.74, 6) is -0.0808. The second kappa shape index (κ2) is 9.04. The lowest BCUT2D eigenvalue weighted by molar-refractivity contribution is 0.0724. The van der Waals surface area contributed by atoms with Crippen LogP contribution in [-0.4, -0.2) is 63.2 Å². The molecule has 158 valence electrons. The van der Waals surface area contributed by atoms with Gasteiger partial charge in [-0.1, -0.05) is 5.16 Å². The predicted octanol–water partition coefficient (Wildman–Crippen LogP) is 2.33.